The Morgan fingerprint density at radius 3 is 0.718 bits per heavy atom. The summed E-state index contributed by atoms with van der Waals surface area (Å²) < 4.78 is 61.4. The van der Waals surface area contributed by atoms with Crippen molar-refractivity contribution in [2.24, 2.45) is 0 Å². The number of allylic oxidation sites excluding steroid dienone is 32. The highest BCUT2D eigenvalue weighted by Crippen LogP contribution is 2.45. The standard InChI is InChI=1S/C99H164O16P2/c1-4-7-10-13-16-19-22-25-28-31-34-37-39-41-43-44-45-46-47-48-50-52-53-56-58-61-64-67-70-73-76-79-82-85-97(102)109-88-94(100)89-111-116(105,106)112-90-95(101)91-113-117(107,108)114-93-96(115-99(104)87-84-81-78-75-72-69-66-63-60-55-36-33-30-27-24-21-18-15-12-9-6-3)92-110-98(103)86-83-80-77-74-71-68-65-62-59-57-54-51-49-42-40-38-35-32-29-26-23-20-17-14-11-8-5-2/h7-8,10-11,16-21,25-30,34-38,41-43,45-46,49,54-55,57,63,66,94-96,100-101H,4-6,9,12-15,22-24,31-33,39-40,44,47-48,50-53,56,58-62,64-65,67-93H2,1-3H3,(H,105,106)(H,107,108)/b10-7-,11-8-,19-16-,20-17-,21-18-,28-25-,29-26-,30-27-,37-34-,38-35-,43-41-,46-45-,49-42-,55-36-,57-54-,66-63-. The van der Waals surface area contributed by atoms with Crippen LogP contribution in [0.2, 0.25) is 0 Å². The molecule has 0 aliphatic rings. The lowest BCUT2D eigenvalue weighted by molar-refractivity contribution is -0.161. The van der Waals surface area contributed by atoms with Gasteiger partial charge in [-0.05, 0) is 167 Å². The zero-order valence-corrected chi connectivity index (χ0v) is 75.1. The van der Waals surface area contributed by atoms with Gasteiger partial charge >= 0.3 is 33.6 Å². The van der Waals surface area contributed by atoms with Crippen molar-refractivity contribution in [1.29, 1.82) is 0 Å². The third-order valence-electron chi connectivity index (χ3n) is 18.8. The molecule has 5 atom stereocenters. The fraction of sp³-hybridized carbons (Fsp3) is 0.646. The van der Waals surface area contributed by atoms with Crippen LogP contribution in [0.5, 0.6) is 0 Å². The number of phosphoric ester groups is 2. The molecule has 0 aliphatic carbocycles. The smallest absolute Gasteiger partial charge is 0.463 e. The van der Waals surface area contributed by atoms with Gasteiger partial charge in [0, 0.05) is 19.3 Å². The molecule has 117 heavy (non-hydrogen) atoms. The van der Waals surface area contributed by atoms with E-state index >= 15 is 0 Å². The summed E-state index contributed by atoms with van der Waals surface area (Å²) in [7, 11) is -9.83. The lowest BCUT2D eigenvalue weighted by atomic mass is 10.0. The van der Waals surface area contributed by atoms with Gasteiger partial charge in [0.15, 0.2) is 6.10 Å². The summed E-state index contributed by atoms with van der Waals surface area (Å²) in [5.41, 5.74) is 0. The average molecular weight is 1670 g/mol. The fourth-order valence-corrected chi connectivity index (χ4v) is 13.5. The zero-order chi connectivity index (χ0) is 85.1. The number of aliphatic hydroxyl groups excluding tert-OH is 2. The van der Waals surface area contributed by atoms with Crippen molar-refractivity contribution in [3.8, 4) is 0 Å². The number of phosphoric acid groups is 2. The topological polar surface area (TPSA) is 231 Å². The molecule has 0 saturated carbocycles. The van der Waals surface area contributed by atoms with E-state index in [1.54, 1.807) is 0 Å². The quantitative estimate of drug-likeness (QED) is 0.0146. The second-order valence-electron chi connectivity index (χ2n) is 30.0. The van der Waals surface area contributed by atoms with E-state index in [0.717, 1.165) is 205 Å². The lowest BCUT2D eigenvalue weighted by Crippen LogP contribution is -2.30. The summed E-state index contributed by atoms with van der Waals surface area (Å²) >= 11 is 0. The predicted molar refractivity (Wildman–Crippen MR) is 491 cm³/mol. The molecule has 0 aliphatic heterocycles. The highest BCUT2D eigenvalue weighted by atomic mass is 31.2. The van der Waals surface area contributed by atoms with E-state index in [-0.39, 0.29) is 19.3 Å². The normalized spacial score (nSPS) is 14.7. The molecule has 4 N–H and O–H groups in total. The van der Waals surface area contributed by atoms with Gasteiger partial charge in [0.1, 0.15) is 25.4 Å². The van der Waals surface area contributed by atoms with Gasteiger partial charge in [-0.3, -0.25) is 32.5 Å². The van der Waals surface area contributed by atoms with E-state index in [0.29, 0.717) is 19.3 Å². The minimum absolute atomic E-state index is 0.0754. The Labute approximate surface area is 712 Å². The predicted octanol–water partition coefficient (Wildman–Crippen LogP) is 28.2. The van der Waals surface area contributed by atoms with Gasteiger partial charge in [-0.1, -0.05) is 363 Å². The Kier molecular flexibility index (Phi) is 85.3. The van der Waals surface area contributed by atoms with Crippen LogP contribution in [0.3, 0.4) is 0 Å². The Morgan fingerprint density at radius 1 is 0.248 bits per heavy atom. The summed E-state index contributed by atoms with van der Waals surface area (Å²) in [5.74, 6) is -1.61. The molecule has 0 aromatic rings. The van der Waals surface area contributed by atoms with Gasteiger partial charge in [-0.25, -0.2) is 9.13 Å². The van der Waals surface area contributed by atoms with Crippen LogP contribution in [0, 0.1) is 0 Å². The molecule has 0 radical (unpaired) electrons. The van der Waals surface area contributed by atoms with Gasteiger partial charge in [0.2, 0.25) is 0 Å². The monoisotopic (exact) mass is 1670 g/mol. The molecule has 16 nitrogen and oxygen atoms in total. The van der Waals surface area contributed by atoms with Crippen LogP contribution in [0.15, 0.2) is 194 Å². The van der Waals surface area contributed by atoms with Crippen molar-refractivity contribution in [2.75, 3.05) is 39.6 Å². The van der Waals surface area contributed by atoms with Crippen LogP contribution < -0.4 is 0 Å². The summed E-state index contributed by atoms with van der Waals surface area (Å²) in [5, 5.41) is 20.7. The van der Waals surface area contributed by atoms with Crippen molar-refractivity contribution in [3.63, 3.8) is 0 Å². The lowest BCUT2D eigenvalue weighted by Gasteiger charge is -2.21. The molecule has 666 valence electrons. The van der Waals surface area contributed by atoms with Crippen LogP contribution >= 0.6 is 15.6 Å². The first-order valence-electron chi connectivity index (χ1n) is 45.7. The first-order chi connectivity index (χ1) is 57.2. The van der Waals surface area contributed by atoms with E-state index in [2.05, 4.69) is 215 Å². The van der Waals surface area contributed by atoms with Gasteiger partial charge in [0.05, 0.1) is 26.4 Å². The summed E-state index contributed by atoms with van der Waals surface area (Å²) in [6.45, 7) is 2.41. The van der Waals surface area contributed by atoms with Crippen molar-refractivity contribution in [2.45, 2.75) is 373 Å². The second-order valence-corrected chi connectivity index (χ2v) is 32.9. The van der Waals surface area contributed by atoms with Crippen molar-refractivity contribution in [1.82, 2.24) is 0 Å². The largest absolute Gasteiger partial charge is 0.472 e. The maximum Gasteiger partial charge on any atom is 0.472 e. The first-order valence-corrected chi connectivity index (χ1v) is 48.7. The van der Waals surface area contributed by atoms with Gasteiger partial charge in [-0.15, -0.1) is 0 Å². The molecular weight excluding hydrogens is 1510 g/mol. The minimum atomic E-state index is -4.95. The zero-order valence-electron chi connectivity index (χ0n) is 73.3. The van der Waals surface area contributed by atoms with E-state index in [4.69, 9.17) is 32.3 Å². The number of esters is 3. The SMILES string of the molecule is CC/C=C\C/C=C\C/C=C\C/C=C\C/C=C\C/C=C\CCCCCCCCCCCCCCCCC(=O)OCC(O)COP(=O)(O)OCC(O)COP(=O)(O)OCC(COC(=O)CCCCCCCCCC/C=C\C/C=C\C/C=C\C/C=C\C/C=C\C/C=C\CC)OC(=O)CCCCCCC/C=C\C/C=C\C/C=C\C/C=C\CCCCC. The first kappa shape index (κ1) is 111. The van der Waals surface area contributed by atoms with Crippen molar-refractivity contribution in [3.05, 3.63) is 194 Å². The van der Waals surface area contributed by atoms with E-state index < -0.39 is 91.5 Å². The molecule has 5 unspecified atom stereocenters. The second kappa shape index (κ2) is 89.6. The van der Waals surface area contributed by atoms with Crippen LogP contribution in [-0.4, -0.2) is 95.9 Å². The number of unbranched alkanes of at least 4 members (excludes halogenated alkanes) is 30. The molecule has 0 heterocycles. The van der Waals surface area contributed by atoms with Gasteiger partial charge < -0.3 is 34.2 Å². The number of rotatable bonds is 85. The molecule has 0 rings (SSSR count). The fourth-order valence-electron chi connectivity index (χ4n) is 11.9. The summed E-state index contributed by atoms with van der Waals surface area (Å²) in [4.78, 5) is 59.0. The maximum absolute atomic E-state index is 13.1. The maximum atomic E-state index is 13.1. The van der Waals surface area contributed by atoms with Crippen LogP contribution in [0.4, 0.5) is 0 Å². The van der Waals surface area contributed by atoms with Gasteiger partial charge in [0.25, 0.3) is 0 Å². The number of ether oxygens (including phenoxy) is 3. The molecule has 0 amide bonds. The van der Waals surface area contributed by atoms with E-state index in [1.807, 2.05) is 0 Å². The minimum Gasteiger partial charge on any atom is -0.463 e. The Hall–Kier alpha value is -5.61. The third kappa shape index (κ3) is 91.0. The molecule has 0 spiro atoms. The molecule has 0 saturated heterocycles. The van der Waals surface area contributed by atoms with Crippen LogP contribution in [0.1, 0.15) is 355 Å². The van der Waals surface area contributed by atoms with Crippen LogP contribution in [-0.2, 0) is 55.8 Å². The Balaban J connectivity index is 4.61. The Morgan fingerprint density at radius 2 is 0.453 bits per heavy atom. The van der Waals surface area contributed by atoms with Gasteiger partial charge in [-0.2, -0.15) is 0 Å². The highest BCUT2D eigenvalue weighted by Gasteiger charge is 2.29. The number of hydrogen-bond acceptors (Lipinski definition) is 14. The number of aliphatic hydroxyl groups is 2. The summed E-state index contributed by atoms with van der Waals surface area (Å²) in [6, 6.07) is 0. The third-order valence-corrected chi connectivity index (χ3v) is 20.7. The number of carbonyl (C=O) groups excluding carboxylic acids is 3. The Bertz CT molecular complexity index is 2910. The molecule has 0 fully saturated rings. The highest BCUT2D eigenvalue weighted by molar-refractivity contribution is 7.47. The number of carbonyl (C=O) groups is 3. The molecule has 18 heteroatoms. The van der Waals surface area contributed by atoms with E-state index in [1.165, 1.54) is 89.9 Å². The average Bonchev–Trinajstić information content (AvgIpc) is 0.902. The van der Waals surface area contributed by atoms with Crippen LogP contribution in [0.25, 0.3) is 0 Å². The van der Waals surface area contributed by atoms with Crippen molar-refractivity contribution < 1.29 is 75.8 Å². The number of hydrogen-bond donors (Lipinski definition) is 4. The molecule has 0 aromatic carbocycles. The van der Waals surface area contributed by atoms with Crippen molar-refractivity contribution >= 4 is 33.6 Å². The van der Waals surface area contributed by atoms with E-state index in [9.17, 15) is 43.5 Å². The summed E-state index contributed by atoms with van der Waals surface area (Å²) in [6.07, 6.45) is 119. The molecular formula is C99H164O16P2. The molecule has 0 bridgehead atoms. The molecule has 0 aromatic heterocycles.